The molecule has 1 fully saturated rings. The number of hydrogen-bond donors (Lipinski definition) is 1. The summed E-state index contributed by atoms with van der Waals surface area (Å²) in [5.74, 6) is 5.89. The van der Waals surface area contributed by atoms with Gasteiger partial charge in [-0.2, -0.15) is 0 Å². The van der Waals surface area contributed by atoms with Crippen LogP contribution in [0, 0.1) is 18.8 Å². The number of benzene rings is 1. The number of ether oxygens (including phenoxy) is 1. The van der Waals surface area contributed by atoms with Crippen LogP contribution in [0.1, 0.15) is 28.4 Å². The van der Waals surface area contributed by atoms with Gasteiger partial charge in [-0.15, -0.1) is 0 Å². The molecule has 1 unspecified atom stereocenters. The monoisotopic (exact) mass is 272 g/mol. The van der Waals surface area contributed by atoms with Crippen molar-refractivity contribution >= 4 is 5.91 Å². The van der Waals surface area contributed by atoms with E-state index in [1.807, 2.05) is 36.9 Å². The normalized spacial score (nSPS) is 18.4. The standard InChI is InChI=1S/C16H20N2O2/c1-12-11-20-10-9-18(12)16(19)15-7-3-5-14(13(15)2)6-4-8-17/h3,5,7,12H,8-11,17H2,1-2H3. The molecule has 1 aliphatic heterocycles. The average molecular weight is 272 g/mol. The lowest BCUT2D eigenvalue weighted by molar-refractivity contribution is 0.00355. The molecule has 1 saturated heterocycles. The van der Waals surface area contributed by atoms with E-state index in [-0.39, 0.29) is 11.9 Å². The predicted octanol–water partition coefficient (Wildman–Crippen LogP) is 1.17. The summed E-state index contributed by atoms with van der Waals surface area (Å²) in [6.07, 6.45) is 0. The number of rotatable bonds is 1. The third-order valence-electron chi connectivity index (χ3n) is 3.52. The fourth-order valence-electron chi connectivity index (χ4n) is 2.33. The largest absolute Gasteiger partial charge is 0.377 e. The van der Waals surface area contributed by atoms with Crippen LogP contribution >= 0.6 is 0 Å². The van der Waals surface area contributed by atoms with E-state index in [2.05, 4.69) is 11.8 Å². The van der Waals surface area contributed by atoms with Gasteiger partial charge >= 0.3 is 0 Å². The molecule has 2 rings (SSSR count). The highest BCUT2D eigenvalue weighted by Crippen LogP contribution is 2.18. The van der Waals surface area contributed by atoms with Crippen molar-refractivity contribution in [3.05, 3.63) is 34.9 Å². The molecule has 0 saturated carbocycles. The Morgan fingerprint density at radius 3 is 3.05 bits per heavy atom. The first kappa shape index (κ1) is 14.6. The topological polar surface area (TPSA) is 55.6 Å². The van der Waals surface area contributed by atoms with Gasteiger partial charge in [0.25, 0.3) is 5.91 Å². The van der Waals surface area contributed by atoms with Crippen molar-refractivity contribution in [3.8, 4) is 11.8 Å². The molecule has 1 atom stereocenters. The quantitative estimate of drug-likeness (QED) is 0.781. The number of amides is 1. The smallest absolute Gasteiger partial charge is 0.254 e. The first-order valence-electron chi connectivity index (χ1n) is 6.82. The summed E-state index contributed by atoms with van der Waals surface area (Å²) < 4.78 is 5.37. The van der Waals surface area contributed by atoms with E-state index in [4.69, 9.17) is 10.5 Å². The van der Waals surface area contributed by atoms with Crippen molar-refractivity contribution in [2.45, 2.75) is 19.9 Å². The summed E-state index contributed by atoms with van der Waals surface area (Å²) in [6.45, 7) is 6.08. The maximum atomic E-state index is 12.7. The number of nitrogens with two attached hydrogens (primary N) is 1. The molecule has 1 heterocycles. The van der Waals surface area contributed by atoms with E-state index in [1.54, 1.807) is 0 Å². The molecule has 1 aliphatic rings. The lowest BCUT2D eigenvalue weighted by atomic mass is 10.0. The second kappa shape index (κ2) is 6.56. The Balaban J connectivity index is 2.30. The molecule has 106 valence electrons. The van der Waals surface area contributed by atoms with Gasteiger partial charge in [0, 0.05) is 17.7 Å². The molecule has 1 amide bonds. The highest BCUT2D eigenvalue weighted by Gasteiger charge is 2.25. The first-order valence-corrected chi connectivity index (χ1v) is 6.82. The Hall–Kier alpha value is -1.83. The summed E-state index contributed by atoms with van der Waals surface area (Å²) in [5, 5.41) is 0. The van der Waals surface area contributed by atoms with Crippen LogP contribution in [0.25, 0.3) is 0 Å². The van der Waals surface area contributed by atoms with Crippen LogP contribution in [0.2, 0.25) is 0 Å². The maximum absolute atomic E-state index is 12.7. The van der Waals surface area contributed by atoms with Crippen LogP contribution in [-0.2, 0) is 4.74 Å². The van der Waals surface area contributed by atoms with Gasteiger partial charge in [-0.25, -0.2) is 0 Å². The van der Waals surface area contributed by atoms with Crippen molar-refractivity contribution < 1.29 is 9.53 Å². The SMILES string of the molecule is Cc1c(C#CCN)cccc1C(=O)N1CCOCC1C. The van der Waals surface area contributed by atoms with Crippen molar-refractivity contribution in [3.63, 3.8) is 0 Å². The lowest BCUT2D eigenvalue weighted by Gasteiger charge is -2.33. The molecular formula is C16H20N2O2. The van der Waals surface area contributed by atoms with Gasteiger partial charge in [0.15, 0.2) is 0 Å². The molecular weight excluding hydrogens is 252 g/mol. The van der Waals surface area contributed by atoms with Gasteiger partial charge in [0.2, 0.25) is 0 Å². The van der Waals surface area contributed by atoms with Crippen LogP contribution in [0.3, 0.4) is 0 Å². The highest BCUT2D eigenvalue weighted by molar-refractivity contribution is 5.96. The molecule has 1 aromatic carbocycles. The van der Waals surface area contributed by atoms with Crippen LogP contribution in [0.4, 0.5) is 0 Å². The van der Waals surface area contributed by atoms with Gasteiger partial charge in [0.1, 0.15) is 0 Å². The summed E-state index contributed by atoms with van der Waals surface area (Å²) in [5.41, 5.74) is 7.88. The summed E-state index contributed by atoms with van der Waals surface area (Å²) in [4.78, 5) is 14.5. The van der Waals surface area contributed by atoms with E-state index in [1.165, 1.54) is 0 Å². The Morgan fingerprint density at radius 1 is 1.55 bits per heavy atom. The zero-order chi connectivity index (χ0) is 14.5. The first-order chi connectivity index (χ1) is 9.65. The van der Waals surface area contributed by atoms with E-state index in [9.17, 15) is 4.79 Å². The second-order valence-electron chi connectivity index (χ2n) is 4.91. The molecule has 1 aromatic rings. The fraction of sp³-hybridized carbons (Fsp3) is 0.438. The number of hydrogen-bond acceptors (Lipinski definition) is 3. The molecule has 0 aromatic heterocycles. The third kappa shape index (κ3) is 3.01. The van der Waals surface area contributed by atoms with Crippen molar-refractivity contribution in [1.29, 1.82) is 0 Å². The van der Waals surface area contributed by atoms with Crippen LogP contribution < -0.4 is 5.73 Å². The van der Waals surface area contributed by atoms with E-state index >= 15 is 0 Å². The fourth-order valence-corrected chi connectivity index (χ4v) is 2.33. The van der Waals surface area contributed by atoms with Gasteiger partial charge in [-0.3, -0.25) is 4.79 Å². The third-order valence-corrected chi connectivity index (χ3v) is 3.52. The molecule has 0 radical (unpaired) electrons. The van der Waals surface area contributed by atoms with Gasteiger partial charge < -0.3 is 15.4 Å². The number of morpholine rings is 1. The zero-order valence-corrected chi connectivity index (χ0v) is 12.0. The Labute approximate surface area is 119 Å². The van der Waals surface area contributed by atoms with Crippen LogP contribution in [0.15, 0.2) is 18.2 Å². The molecule has 0 spiro atoms. The number of nitrogens with zero attached hydrogens (tertiary/aromatic N) is 1. The van der Waals surface area contributed by atoms with Crippen molar-refractivity contribution in [1.82, 2.24) is 4.90 Å². The van der Waals surface area contributed by atoms with Gasteiger partial charge in [-0.05, 0) is 31.5 Å². The van der Waals surface area contributed by atoms with Crippen molar-refractivity contribution in [2.75, 3.05) is 26.3 Å². The Kier molecular flexibility index (Phi) is 4.78. The van der Waals surface area contributed by atoms with Crippen LogP contribution in [0.5, 0.6) is 0 Å². The van der Waals surface area contributed by atoms with E-state index in [0.717, 1.165) is 11.1 Å². The van der Waals surface area contributed by atoms with Crippen LogP contribution in [-0.4, -0.2) is 43.2 Å². The number of carbonyl (C=O) groups is 1. The van der Waals surface area contributed by atoms with Gasteiger partial charge in [-0.1, -0.05) is 17.9 Å². The molecule has 0 bridgehead atoms. The van der Waals surface area contributed by atoms with Crippen molar-refractivity contribution in [2.24, 2.45) is 5.73 Å². The summed E-state index contributed by atoms with van der Waals surface area (Å²) >= 11 is 0. The minimum absolute atomic E-state index is 0.0506. The molecule has 4 nitrogen and oxygen atoms in total. The minimum atomic E-state index is 0.0506. The highest BCUT2D eigenvalue weighted by atomic mass is 16.5. The van der Waals surface area contributed by atoms with E-state index in [0.29, 0.717) is 31.9 Å². The molecule has 0 aliphatic carbocycles. The summed E-state index contributed by atoms with van der Waals surface area (Å²) in [7, 11) is 0. The average Bonchev–Trinajstić information content (AvgIpc) is 2.46. The van der Waals surface area contributed by atoms with E-state index < -0.39 is 0 Å². The second-order valence-corrected chi connectivity index (χ2v) is 4.91. The predicted molar refractivity (Wildman–Crippen MR) is 78.4 cm³/mol. The molecule has 4 heteroatoms. The maximum Gasteiger partial charge on any atom is 0.254 e. The lowest BCUT2D eigenvalue weighted by Crippen LogP contribution is -2.47. The van der Waals surface area contributed by atoms with Gasteiger partial charge in [0.05, 0.1) is 25.8 Å². The Bertz CT molecular complexity index is 557. The zero-order valence-electron chi connectivity index (χ0n) is 12.0. The summed E-state index contributed by atoms with van der Waals surface area (Å²) in [6, 6.07) is 5.74. The molecule has 20 heavy (non-hydrogen) atoms. The minimum Gasteiger partial charge on any atom is -0.377 e. The Morgan fingerprint density at radius 2 is 2.35 bits per heavy atom. The molecule has 2 N–H and O–H groups in total. The number of carbonyl (C=O) groups excluding carboxylic acids is 1.